The van der Waals surface area contributed by atoms with Crippen molar-refractivity contribution in [3.63, 3.8) is 0 Å². The van der Waals surface area contributed by atoms with Crippen LogP contribution < -0.4 is 25.6 Å². The van der Waals surface area contributed by atoms with Crippen molar-refractivity contribution in [3.8, 4) is 5.75 Å². The summed E-state index contributed by atoms with van der Waals surface area (Å²) in [6.45, 7) is 10.3. The van der Waals surface area contributed by atoms with E-state index in [9.17, 15) is 22.8 Å². The number of hydrogen-bond acceptors (Lipinski definition) is 9. The summed E-state index contributed by atoms with van der Waals surface area (Å²) in [5.41, 5.74) is 0.976. The molecule has 3 N–H and O–H groups in total. The van der Waals surface area contributed by atoms with Gasteiger partial charge in [0.2, 0.25) is 11.9 Å². The fourth-order valence-electron chi connectivity index (χ4n) is 6.55. The SMILES string of the molecule is COc1cc(N2CC3CC2CN3C(=O)OC(C)(C)C)ccc1Nc1ncc(C(F)(F)F)c(NCc2cccc3c2C(C)(C)C(=O)N3)n1. The molecule has 3 aromatic rings. The Morgan fingerprint density at radius 2 is 1.89 bits per heavy atom. The van der Waals surface area contributed by atoms with Crippen molar-refractivity contribution in [1.82, 2.24) is 14.9 Å². The van der Waals surface area contributed by atoms with E-state index >= 15 is 0 Å². The Kier molecular flexibility index (Phi) is 7.87. The van der Waals surface area contributed by atoms with Gasteiger partial charge in [0.25, 0.3) is 0 Å². The Morgan fingerprint density at radius 3 is 2.55 bits per heavy atom. The molecule has 0 aliphatic carbocycles. The molecule has 2 amide bonds. The van der Waals surface area contributed by atoms with Gasteiger partial charge in [-0.25, -0.2) is 9.78 Å². The quantitative estimate of drug-likeness (QED) is 0.270. The van der Waals surface area contributed by atoms with Crippen LogP contribution in [0.3, 0.4) is 0 Å². The molecule has 11 nitrogen and oxygen atoms in total. The first-order valence-electron chi connectivity index (χ1n) is 15.4. The molecule has 2 bridgehead atoms. The number of carbonyl (C=O) groups is 2. The van der Waals surface area contributed by atoms with Crippen molar-refractivity contribution in [1.29, 1.82) is 0 Å². The van der Waals surface area contributed by atoms with Crippen LogP contribution in [0.1, 0.15) is 57.7 Å². The molecule has 250 valence electrons. The van der Waals surface area contributed by atoms with Gasteiger partial charge in [-0.2, -0.15) is 18.2 Å². The standard InChI is InChI=1S/C33H38F3N7O4/c1-31(2,3)47-30(45)43-17-20-12-21(43)16-42(20)19-10-11-23(25(13-19)46-6)40-29-38-15-22(33(34,35)36)27(41-29)37-14-18-8-7-9-24-26(18)32(4,5)28(44)39-24/h7-11,13,15,20-21H,12,14,16-17H2,1-6H3,(H,39,44)(H2,37,38,40,41). The number of piperazine rings is 1. The number of rotatable bonds is 7. The van der Waals surface area contributed by atoms with Crippen molar-refractivity contribution in [3.05, 3.63) is 59.3 Å². The molecular weight excluding hydrogens is 615 g/mol. The van der Waals surface area contributed by atoms with Crippen LogP contribution in [0.15, 0.2) is 42.6 Å². The number of ether oxygens (including phenoxy) is 2. The van der Waals surface area contributed by atoms with Gasteiger partial charge in [-0.05, 0) is 70.4 Å². The van der Waals surface area contributed by atoms with E-state index in [1.54, 1.807) is 43.0 Å². The van der Waals surface area contributed by atoms with Gasteiger partial charge in [-0.3, -0.25) is 4.79 Å². The predicted molar refractivity (Wildman–Crippen MR) is 171 cm³/mol. The van der Waals surface area contributed by atoms with E-state index in [4.69, 9.17) is 9.47 Å². The fourth-order valence-corrected chi connectivity index (χ4v) is 6.55. The maximum absolute atomic E-state index is 14.0. The van der Waals surface area contributed by atoms with Gasteiger partial charge in [0.15, 0.2) is 0 Å². The summed E-state index contributed by atoms with van der Waals surface area (Å²) >= 11 is 0. The van der Waals surface area contributed by atoms with E-state index in [0.29, 0.717) is 35.8 Å². The monoisotopic (exact) mass is 653 g/mol. The number of halogens is 3. The number of amides is 2. The number of nitrogens with one attached hydrogen (secondary N) is 3. The average Bonchev–Trinajstić information content (AvgIpc) is 3.66. The third kappa shape index (κ3) is 6.20. The van der Waals surface area contributed by atoms with Gasteiger partial charge in [-0.15, -0.1) is 0 Å². The summed E-state index contributed by atoms with van der Waals surface area (Å²) in [4.78, 5) is 37.3. The number of alkyl halides is 3. The zero-order chi connectivity index (χ0) is 33.9. The van der Waals surface area contributed by atoms with Crippen LogP contribution in [-0.4, -0.2) is 64.8 Å². The van der Waals surface area contributed by atoms with Crippen LogP contribution in [0.4, 0.5) is 46.8 Å². The van der Waals surface area contributed by atoms with Gasteiger partial charge in [-0.1, -0.05) is 12.1 Å². The number of likely N-dealkylation sites (tertiary alicyclic amines) is 1. The molecule has 2 unspecified atom stereocenters. The summed E-state index contributed by atoms with van der Waals surface area (Å²) in [6, 6.07) is 10.9. The molecule has 1 aromatic heterocycles. The highest BCUT2D eigenvalue weighted by Crippen LogP contribution is 2.42. The molecule has 0 spiro atoms. The van der Waals surface area contributed by atoms with Crippen LogP contribution in [0.2, 0.25) is 0 Å². The second-order valence-corrected chi connectivity index (χ2v) is 13.6. The first-order chi connectivity index (χ1) is 22.0. The molecule has 2 aromatic carbocycles. The Hall–Kier alpha value is -4.75. The third-order valence-electron chi connectivity index (χ3n) is 8.76. The van der Waals surface area contributed by atoms with Crippen molar-refractivity contribution < 1.29 is 32.2 Å². The van der Waals surface area contributed by atoms with Crippen LogP contribution in [0.5, 0.6) is 5.75 Å². The molecule has 6 rings (SSSR count). The van der Waals surface area contributed by atoms with Crippen molar-refractivity contribution in [2.75, 3.05) is 41.0 Å². The van der Waals surface area contributed by atoms with Crippen LogP contribution >= 0.6 is 0 Å². The minimum Gasteiger partial charge on any atom is -0.494 e. The van der Waals surface area contributed by atoms with Crippen LogP contribution in [-0.2, 0) is 27.7 Å². The van der Waals surface area contributed by atoms with Gasteiger partial charge in [0.1, 0.15) is 22.7 Å². The Labute approximate surface area is 270 Å². The van der Waals surface area contributed by atoms with E-state index in [0.717, 1.165) is 23.9 Å². The molecule has 47 heavy (non-hydrogen) atoms. The van der Waals surface area contributed by atoms with Crippen molar-refractivity contribution in [2.24, 2.45) is 0 Å². The minimum atomic E-state index is -4.70. The average molecular weight is 654 g/mol. The highest BCUT2D eigenvalue weighted by atomic mass is 19.4. The zero-order valence-electron chi connectivity index (χ0n) is 27.1. The van der Waals surface area contributed by atoms with Gasteiger partial charge in [0.05, 0.1) is 24.3 Å². The number of nitrogens with zero attached hydrogens (tertiary/aromatic N) is 4. The minimum absolute atomic E-state index is 0.00245. The Balaban J connectivity index is 1.19. The number of benzene rings is 2. The topological polar surface area (TPSA) is 121 Å². The highest BCUT2D eigenvalue weighted by molar-refractivity contribution is 6.06. The Bertz CT molecular complexity index is 1720. The maximum Gasteiger partial charge on any atom is 0.421 e. The molecule has 2 fully saturated rings. The molecule has 2 atom stereocenters. The molecule has 3 aliphatic heterocycles. The first kappa shape index (κ1) is 32.2. The third-order valence-corrected chi connectivity index (χ3v) is 8.76. The van der Waals surface area contributed by atoms with E-state index in [1.807, 2.05) is 32.9 Å². The van der Waals surface area contributed by atoms with Crippen molar-refractivity contribution >= 4 is 40.8 Å². The van der Waals surface area contributed by atoms with E-state index in [2.05, 4.69) is 30.8 Å². The largest absolute Gasteiger partial charge is 0.494 e. The second kappa shape index (κ2) is 11.5. The molecule has 2 saturated heterocycles. The normalized spacial score (nSPS) is 19.8. The first-order valence-corrected chi connectivity index (χ1v) is 15.4. The fraction of sp³-hybridized carbons (Fsp3) is 0.455. The lowest BCUT2D eigenvalue weighted by Gasteiger charge is -2.36. The van der Waals surface area contributed by atoms with E-state index in [1.165, 1.54) is 7.11 Å². The summed E-state index contributed by atoms with van der Waals surface area (Å²) in [7, 11) is 1.50. The summed E-state index contributed by atoms with van der Waals surface area (Å²) in [5.74, 6) is -0.188. The molecule has 0 radical (unpaired) electrons. The maximum atomic E-state index is 14.0. The summed E-state index contributed by atoms with van der Waals surface area (Å²) < 4.78 is 53.2. The molecular formula is C33H38F3N7O4. The highest BCUT2D eigenvalue weighted by Gasteiger charge is 2.47. The number of aromatic nitrogens is 2. The molecule has 4 heterocycles. The number of hydrogen-bond donors (Lipinski definition) is 3. The lowest BCUT2D eigenvalue weighted by Crippen LogP contribution is -2.50. The number of fused-ring (bicyclic) bond motifs is 3. The molecule has 0 saturated carbocycles. The number of methoxy groups -OCH3 is 1. The lowest BCUT2D eigenvalue weighted by atomic mass is 9.83. The summed E-state index contributed by atoms with van der Waals surface area (Å²) in [6.07, 6.45) is -3.45. The number of carbonyl (C=O) groups excluding carboxylic acids is 2. The van der Waals surface area contributed by atoms with Crippen molar-refractivity contribution in [2.45, 2.75) is 76.9 Å². The summed E-state index contributed by atoms with van der Waals surface area (Å²) in [5, 5.41) is 8.67. The second-order valence-electron chi connectivity index (χ2n) is 13.6. The van der Waals surface area contributed by atoms with E-state index < -0.39 is 28.6 Å². The van der Waals surface area contributed by atoms with E-state index in [-0.39, 0.29) is 36.6 Å². The molecule has 14 heteroatoms. The predicted octanol–water partition coefficient (Wildman–Crippen LogP) is 6.29. The number of anilines is 5. The van der Waals surface area contributed by atoms with Gasteiger partial charge < -0.3 is 35.2 Å². The smallest absolute Gasteiger partial charge is 0.421 e. The van der Waals surface area contributed by atoms with Crippen LogP contribution in [0.25, 0.3) is 0 Å². The molecule has 3 aliphatic rings. The van der Waals surface area contributed by atoms with Gasteiger partial charge >= 0.3 is 12.3 Å². The van der Waals surface area contributed by atoms with Crippen LogP contribution in [0, 0.1) is 0 Å². The van der Waals surface area contributed by atoms with Gasteiger partial charge in [0, 0.05) is 49.3 Å². The zero-order valence-corrected chi connectivity index (χ0v) is 27.1. The Morgan fingerprint density at radius 1 is 1.13 bits per heavy atom. The lowest BCUT2D eigenvalue weighted by molar-refractivity contribution is -0.137.